The second-order valence-corrected chi connectivity index (χ2v) is 7.29. The zero-order valence-corrected chi connectivity index (χ0v) is 17.1. The van der Waals surface area contributed by atoms with Crippen LogP contribution in [0.25, 0.3) is 21.9 Å². The summed E-state index contributed by atoms with van der Waals surface area (Å²) in [4.78, 5) is 11.9. The highest BCUT2D eigenvalue weighted by Gasteiger charge is 2.14. The highest BCUT2D eigenvalue weighted by Crippen LogP contribution is 2.30. The summed E-state index contributed by atoms with van der Waals surface area (Å²) in [5.41, 5.74) is 2.67. The van der Waals surface area contributed by atoms with Crippen molar-refractivity contribution in [1.29, 1.82) is 0 Å². The fraction of sp³-hybridized carbons (Fsp3) is 0.320. The van der Waals surface area contributed by atoms with Gasteiger partial charge in [0, 0.05) is 13.2 Å². The summed E-state index contributed by atoms with van der Waals surface area (Å²) in [6, 6.07) is 19.7. The van der Waals surface area contributed by atoms with E-state index in [-0.39, 0.29) is 12.1 Å². The Kier molecular flexibility index (Phi) is 6.62. The van der Waals surface area contributed by atoms with Gasteiger partial charge in [0.25, 0.3) is 0 Å². The van der Waals surface area contributed by atoms with E-state index < -0.39 is 0 Å². The van der Waals surface area contributed by atoms with Crippen LogP contribution in [0.1, 0.15) is 23.2 Å². The van der Waals surface area contributed by atoms with E-state index in [4.69, 9.17) is 18.9 Å². The van der Waals surface area contributed by atoms with Gasteiger partial charge in [-0.25, -0.2) is 4.79 Å². The molecule has 0 N–H and O–H groups in total. The monoisotopic (exact) mass is 406 g/mol. The molecule has 1 fully saturated rings. The van der Waals surface area contributed by atoms with Gasteiger partial charge in [0.05, 0.1) is 25.4 Å². The van der Waals surface area contributed by atoms with Crippen LogP contribution < -0.4 is 4.74 Å². The SMILES string of the molecule is COC(=O)c1ccc2cccc(-c3ccc(OCCOC4CCOCC4)cc3)c2c1. The van der Waals surface area contributed by atoms with Crippen molar-refractivity contribution >= 4 is 16.7 Å². The second kappa shape index (κ2) is 9.74. The minimum atomic E-state index is -0.335. The molecule has 0 amide bonds. The molecule has 30 heavy (non-hydrogen) atoms. The molecule has 1 heterocycles. The van der Waals surface area contributed by atoms with Gasteiger partial charge in [0.15, 0.2) is 0 Å². The van der Waals surface area contributed by atoms with Crippen molar-refractivity contribution in [2.75, 3.05) is 33.5 Å². The molecule has 5 heteroatoms. The first-order valence-electron chi connectivity index (χ1n) is 10.3. The van der Waals surface area contributed by atoms with Gasteiger partial charge in [0.1, 0.15) is 12.4 Å². The van der Waals surface area contributed by atoms with Crippen LogP contribution in [0.4, 0.5) is 0 Å². The van der Waals surface area contributed by atoms with Gasteiger partial charge in [-0.3, -0.25) is 0 Å². The number of carbonyl (C=O) groups excluding carboxylic acids is 1. The molecule has 1 aliphatic rings. The van der Waals surface area contributed by atoms with E-state index in [2.05, 4.69) is 6.07 Å². The Labute approximate surface area is 176 Å². The Morgan fingerprint density at radius 1 is 1.00 bits per heavy atom. The van der Waals surface area contributed by atoms with Crippen molar-refractivity contribution in [3.05, 3.63) is 66.2 Å². The number of rotatable bonds is 7. The number of ether oxygens (including phenoxy) is 4. The molecule has 3 aromatic rings. The Morgan fingerprint density at radius 2 is 1.80 bits per heavy atom. The fourth-order valence-electron chi connectivity index (χ4n) is 3.72. The summed E-state index contributed by atoms with van der Waals surface area (Å²) < 4.78 is 21.9. The Hall–Kier alpha value is -2.89. The molecule has 4 rings (SSSR count). The molecule has 0 aliphatic carbocycles. The number of methoxy groups -OCH3 is 1. The van der Waals surface area contributed by atoms with Gasteiger partial charge >= 0.3 is 5.97 Å². The van der Waals surface area contributed by atoms with E-state index in [0.717, 1.165) is 53.7 Å². The van der Waals surface area contributed by atoms with Gasteiger partial charge in [-0.15, -0.1) is 0 Å². The minimum absolute atomic E-state index is 0.283. The Balaban J connectivity index is 1.43. The molecule has 0 saturated carbocycles. The molecule has 0 unspecified atom stereocenters. The Bertz CT molecular complexity index is 990. The van der Waals surface area contributed by atoms with Gasteiger partial charge in [-0.2, -0.15) is 0 Å². The number of esters is 1. The number of benzene rings is 3. The topological polar surface area (TPSA) is 54.0 Å². The van der Waals surface area contributed by atoms with E-state index >= 15 is 0 Å². The molecule has 5 nitrogen and oxygen atoms in total. The third kappa shape index (κ3) is 4.81. The van der Waals surface area contributed by atoms with Gasteiger partial charge < -0.3 is 18.9 Å². The first-order chi connectivity index (χ1) is 14.7. The molecule has 0 spiro atoms. The third-order valence-corrected chi connectivity index (χ3v) is 5.34. The molecular weight excluding hydrogens is 380 g/mol. The summed E-state index contributed by atoms with van der Waals surface area (Å²) in [6.07, 6.45) is 2.19. The molecule has 0 radical (unpaired) electrons. The molecular formula is C25H26O5. The van der Waals surface area contributed by atoms with Crippen molar-refractivity contribution in [2.45, 2.75) is 18.9 Å². The average molecular weight is 406 g/mol. The van der Waals surface area contributed by atoms with Crippen molar-refractivity contribution in [3.8, 4) is 16.9 Å². The van der Waals surface area contributed by atoms with Crippen molar-refractivity contribution < 1.29 is 23.7 Å². The smallest absolute Gasteiger partial charge is 0.337 e. The predicted octanol–water partition coefficient (Wildman–Crippen LogP) is 4.87. The summed E-state index contributed by atoms with van der Waals surface area (Å²) in [5.74, 6) is 0.475. The van der Waals surface area contributed by atoms with E-state index in [1.54, 1.807) is 6.07 Å². The predicted molar refractivity (Wildman–Crippen MR) is 116 cm³/mol. The highest BCUT2D eigenvalue weighted by molar-refractivity contribution is 6.01. The van der Waals surface area contributed by atoms with Crippen LogP contribution in [-0.2, 0) is 14.2 Å². The second-order valence-electron chi connectivity index (χ2n) is 7.29. The summed E-state index contributed by atoms with van der Waals surface area (Å²) >= 11 is 0. The van der Waals surface area contributed by atoms with Crippen LogP contribution in [0.5, 0.6) is 5.75 Å². The molecule has 0 bridgehead atoms. The lowest BCUT2D eigenvalue weighted by molar-refractivity contribution is -0.0388. The average Bonchev–Trinajstić information content (AvgIpc) is 2.81. The van der Waals surface area contributed by atoms with Crippen LogP contribution in [0.2, 0.25) is 0 Å². The lowest BCUT2D eigenvalue weighted by Gasteiger charge is -2.22. The molecule has 0 aromatic heterocycles. The summed E-state index contributed by atoms with van der Waals surface area (Å²) in [6.45, 7) is 2.66. The highest BCUT2D eigenvalue weighted by atomic mass is 16.5. The number of fused-ring (bicyclic) bond motifs is 1. The maximum absolute atomic E-state index is 11.9. The van der Waals surface area contributed by atoms with Crippen LogP contribution in [-0.4, -0.2) is 45.6 Å². The van der Waals surface area contributed by atoms with Gasteiger partial charge in [0.2, 0.25) is 0 Å². The number of hydrogen-bond acceptors (Lipinski definition) is 5. The first-order valence-corrected chi connectivity index (χ1v) is 10.3. The standard InChI is InChI=1S/C25H26O5/c1-27-25(26)20-6-5-18-3-2-4-23(24(18)17-20)19-7-9-21(10-8-19)29-15-16-30-22-11-13-28-14-12-22/h2-10,17,22H,11-16H2,1H3. The number of hydrogen-bond donors (Lipinski definition) is 0. The van der Waals surface area contributed by atoms with E-state index in [0.29, 0.717) is 18.8 Å². The maximum atomic E-state index is 11.9. The van der Waals surface area contributed by atoms with Crippen LogP contribution >= 0.6 is 0 Å². The van der Waals surface area contributed by atoms with Crippen molar-refractivity contribution in [3.63, 3.8) is 0 Å². The summed E-state index contributed by atoms with van der Waals surface area (Å²) in [7, 11) is 1.39. The van der Waals surface area contributed by atoms with Gasteiger partial charge in [-0.1, -0.05) is 36.4 Å². The van der Waals surface area contributed by atoms with Crippen LogP contribution in [0.15, 0.2) is 60.7 Å². The van der Waals surface area contributed by atoms with Crippen LogP contribution in [0, 0.1) is 0 Å². The van der Waals surface area contributed by atoms with E-state index in [9.17, 15) is 4.79 Å². The largest absolute Gasteiger partial charge is 0.491 e. The summed E-state index contributed by atoms with van der Waals surface area (Å²) in [5, 5.41) is 2.09. The fourth-order valence-corrected chi connectivity index (χ4v) is 3.72. The first kappa shape index (κ1) is 20.4. The van der Waals surface area contributed by atoms with Gasteiger partial charge in [-0.05, 0) is 59.0 Å². The molecule has 1 aliphatic heterocycles. The molecule has 0 atom stereocenters. The zero-order chi connectivity index (χ0) is 20.8. The van der Waals surface area contributed by atoms with Crippen molar-refractivity contribution in [1.82, 2.24) is 0 Å². The minimum Gasteiger partial charge on any atom is -0.491 e. The third-order valence-electron chi connectivity index (χ3n) is 5.34. The molecule has 1 saturated heterocycles. The lowest BCUT2D eigenvalue weighted by atomic mass is 9.97. The Morgan fingerprint density at radius 3 is 2.57 bits per heavy atom. The normalized spacial score (nSPS) is 14.6. The van der Waals surface area contributed by atoms with Crippen LogP contribution in [0.3, 0.4) is 0 Å². The quantitative estimate of drug-likeness (QED) is 0.414. The van der Waals surface area contributed by atoms with E-state index in [1.807, 2.05) is 48.5 Å². The molecule has 156 valence electrons. The number of carbonyl (C=O) groups is 1. The van der Waals surface area contributed by atoms with E-state index in [1.165, 1.54) is 7.11 Å². The van der Waals surface area contributed by atoms with Crippen molar-refractivity contribution in [2.24, 2.45) is 0 Å². The lowest BCUT2D eigenvalue weighted by Crippen LogP contribution is -2.25. The zero-order valence-electron chi connectivity index (χ0n) is 17.1. The maximum Gasteiger partial charge on any atom is 0.337 e. The molecule has 3 aromatic carbocycles.